The maximum Gasteiger partial charge on any atom is 0.265 e. The number of hydrogen-bond acceptors (Lipinski definition) is 15. The summed E-state index contributed by atoms with van der Waals surface area (Å²) in [4.78, 5) is 58.3. The topological polar surface area (TPSA) is 166 Å². The Bertz CT molecular complexity index is 1960. The predicted octanol–water partition coefficient (Wildman–Crippen LogP) is 1.60. The third-order valence-electron chi connectivity index (χ3n) is 12.2. The molecule has 5 N–H and O–H groups in total. The summed E-state index contributed by atoms with van der Waals surface area (Å²) in [5, 5.41) is 44.7. The highest BCUT2D eigenvalue weighted by molar-refractivity contribution is 9.10. The molecular formula is C30H28N6O7S6. The van der Waals surface area contributed by atoms with Gasteiger partial charge in [-0.2, -0.15) is 0 Å². The number of amides is 4. The molecule has 8 fully saturated rings. The van der Waals surface area contributed by atoms with Crippen LogP contribution < -0.4 is 10.6 Å². The van der Waals surface area contributed by atoms with Gasteiger partial charge in [-0.25, -0.2) is 0 Å². The summed E-state index contributed by atoms with van der Waals surface area (Å²) in [7, 11) is 9.91. The van der Waals surface area contributed by atoms with Crippen LogP contribution in [0.3, 0.4) is 0 Å². The van der Waals surface area contributed by atoms with Crippen molar-refractivity contribution in [3.63, 3.8) is 0 Å². The molecule has 2 aromatic carbocycles. The van der Waals surface area contributed by atoms with Gasteiger partial charge < -0.3 is 35.8 Å². The summed E-state index contributed by atoms with van der Waals surface area (Å²) >= 11 is 0. The molecule has 10 aliphatic heterocycles. The van der Waals surface area contributed by atoms with Gasteiger partial charge in [-0.3, -0.25) is 29.0 Å². The van der Waals surface area contributed by atoms with Crippen molar-refractivity contribution < 1.29 is 34.5 Å². The lowest BCUT2D eigenvalue weighted by Crippen LogP contribution is -2.75. The zero-order valence-electron chi connectivity index (χ0n) is 25.8. The van der Waals surface area contributed by atoms with Crippen molar-refractivity contribution in [3.05, 3.63) is 59.7 Å². The third-order valence-corrected chi connectivity index (χ3v) is 22.4. The number of aliphatic hydroxyl groups is 3. The van der Waals surface area contributed by atoms with Crippen molar-refractivity contribution >= 4 is 97.8 Å². The molecule has 10 atom stereocenters. The number of aliphatic hydroxyl groups excluding tert-OH is 3. The SMILES string of the molecule is CN1C(=O)[C@]23SSS[C@@]1(C)C(=O)N2[C@H]1Nc2ccccc2[C@@]1([C@@]12c4ccccc4N[C@@H]1N1C(=O)[C@]4(CO)SSS[C@]1(C(=O)N4C)[C@H]2O)[C@@H]3O. The van der Waals surface area contributed by atoms with Gasteiger partial charge >= 0.3 is 0 Å². The van der Waals surface area contributed by atoms with Crippen LogP contribution in [-0.2, 0) is 30.0 Å². The monoisotopic (exact) mass is 776 g/mol. The van der Waals surface area contributed by atoms with Crippen molar-refractivity contribution in [1.82, 2.24) is 19.6 Å². The lowest BCUT2D eigenvalue weighted by molar-refractivity contribution is -0.168. The molecule has 0 aliphatic carbocycles. The Morgan fingerprint density at radius 2 is 1.14 bits per heavy atom. The van der Waals surface area contributed by atoms with Crippen molar-refractivity contribution in [2.24, 2.45) is 0 Å². The molecule has 13 nitrogen and oxygen atoms in total. The number of nitrogens with one attached hydrogen (secondary N) is 2. The van der Waals surface area contributed by atoms with E-state index < -0.39 is 79.2 Å². The first kappa shape index (κ1) is 31.6. The molecule has 10 heterocycles. The second-order valence-corrected chi connectivity index (χ2v) is 22.5. The van der Waals surface area contributed by atoms with E-state index in [1.807, 2.05) is 36.4 Å². The van der Waals surface area contributed by atoms with Gasteiger partial charge in [0.05, 0.1) is 17.4 Å². The van der Waals surface area contributed by atoms with Crippen molar-refractivity contribution in [1.29, 1.82) is 0 Å². The van der Waals surface area contributed by atoms with E-state index in [2.05, 4.69) is 10.6 Å². The Morgan fingerprint density at radius 1 is 0.673 bits per heavy atom. The van der Waals surface area contributed by atoms with Gasteiger partial charge in [-0.15, -0.1) is 0 Å². The molecule has 10 aliphatic rings. The molecule has 0 saturated carbocycles. The minimum Gasteiger partial charge on any atom is -0.392 e. The maximum atomic E-state index is 15.0. The number of anilines is 2. The highest BCUT2D eigenvalue weighted by atomic mass is 33.5. The fraction of sp³-hybridized carbons (Fsp3) is 0.467. The second-order valence-electron chi connectivity index (χ2n) is 13.6. The van der Waals surface area contributed by atoms with E-state index in [-0.39, 0.29) is 5.91 Å². The van der Waals surface area contributed by atoms with Gasteiger partial charge in [0.2, 0.25) is 14.6 Å². The van der Waals surface area contributed by atoms with Crippen LogP contribution in [0, 0.1) is 0 Å². The van der Waals surface area contributed by atoms with Gasteiger partial charge in [0.15, 0.2) is 4.87 Å². The predicted molar refractivity (Wildman–Crippen MR) is 192 cm³/mol. The molecule has 2 spiro atoms. The standard InChI is InChI=1S/C30H28N6O7S6/c1-25-21(40)35-19-27(13-8-4-6-10-15(13)31-19,17(38)29(35,46-48-44-25)23(42)33(25)2)28-14-9-5-7-11-16(14)32-20(28)36-22(41)26(12-37)34(3)24(43)30(36,18(28)39)47-49-45-26/h4-11,17-20,31-32,37-39H,12H2,1-3H3/t17-,18-,19+,20+,25-,26-,27+,28+,29-,30-/m0/s1. The first-order chi connectivity index (χ1) is 23.4. The van der Waals surface area contributed by atoms with Crippen molar-refractivity contribution in [2.45, 2.75) is 61.8 Å². The number of hydrogen-bond donors (Lipinski definition) is 5. The largest absolute Gasteiger partial charge is 0.392 e. The van der Waals surface area contributed by atoms with E-state index in [9.17, 15) is 34.5 Å². The average Bonchev–Trinajstić information content (AvgIpc) is 3.64. The molecule has 4 bridgehead atoms. The zero-order valence-corrected chi connectivity index (χ0v) is 30.7. The van der Waals surface area contributed by atoms with Gasteiger partial charge in [0.1, 0.15) is 24.5 Å². The van der Waals surface area contributed by atoms with E-state index in [0.29, 0.717) is 22.5 Å². The lowest BCUT2D eigenvalue weighted by Gasteiger charge is -2.51. The molecule has 8 saturated heterocycles. The number of carbonyl (C=O) groups is 4. The molecular weight excluding hydrogens is 749 g/mol. The summed E-state index contributed by atoms with van der Waals surface area (Å²) < 4.78 is 0. The highest BCUT2D eigenvalue weighted by Crippen LogP contribution is 2.78. The van der Waals surface area contributed by atoms with Gasteiger partial charge in [0.25, 0.3) is 23.6 Å². The minimum atomic E-state index is -1.91. The Hall–Kier alpha value is -2.10. The number of carbonyl (C=O) groups excluding carboxylic acids is 4. The minimum absolute atomic E-state index is 0.385. The van der Waals surface area contributed by atoms with E-state index in [4.69, 9.17) is 0 Å². The van der Waals surface area contributed by atoms with Crippen molar-refractivity contribution in [2.75, 3.05) is 31.3 Å². The Balaban J connectivity index is 1.35. The molecule has 19 heteroatoms. The molecule has 4 amide bonds. The van der Waals surface area contributed by atoms with Crippen LogP contribution in [0.5, 0.6) is 0 Å². The molecule has 0 aromatic heterocycles. The smallest absolute Gasteiger partial charge is 0.265 e. The maximum absolute atomic E-state index is 15.0. The first-order valence-corrected chi connectivity index (χ1v) is 22.4. The summed E-state index contributed by atoms with van der Waals surface area (Å²) in [6.07, 6.45) is -5.61. The molecule has 2 aromatic rings. The fourth-order valence-electron chi connectivity index (χ4n) is 9.90. The number of likely N-dealkylation sites (N-methyl/N-ethyl adjacent to an activating group) is 2. The molecule has 256 valence electrons. The average molecular weight is 777 g/mol. The van der Waals surface area contributed by atoms with Crippen LogP contribution in [0.2, 0.25) is 0 Å². The van der Waals surface area contributed by atoms with E-state index >= 15 is 0 Å². The molecule has 0 unspecified atom stereocenters. The van der Waals surface area contributed by atoms with Crippen LogP contribution in [-0.4, -0.2) is 123 Å². The first-order valence-electron chi connectivity index (χ1n) is 15.4. The molecule has 12 rings (SSSR count). The number of para-hydroxylation sites is 2. The molecule has 49 heavy (non-hydrogen) atoms. The van der Waals surface area contributed by atoms with Crippen LogP contribution in [0.25, 0.3) is 0 Å². The summed E-state index contributed by atoms with van der Waals surface area (Å²) in [6.45, 7) is 1.03. The van der Waals surface area contributed by atoms with Crippen LogP contribution in [0.15, 0.2) is 48.5 Å². The quantitative estimate of drug-likeness (QED) is 0.279. The van der Waals surface area contributed by atoms with Crippen LogP contribution in [0.4, 0.5) is 11.4 Å². The molecule has 0 radical (unpaired) electrons. The van der Waals surface area contributed by atoms with E-state index in [1.165, 1.54) is 47.3 Å². The summed E-state index contributed by atoms with van der Waals surface area (Å²) in [6, 6.07) is 14.5. The highest BCUT2D eigenvalue weighted by Gasteiger charge is 2.92. The second kappa shape index (κ2) is 9.46. The number of piperazine rings is 2. The van der Waals surface area contributed by atoms with Gasteiger partial charge in [-0.1, -0.05) is 36.4 Å². The van der Waals surface area contributed by atoms with Gasteiger partial charge in [-0.05, 0) is 93.0 Å². The number of rotatable bonds is 2. The summed E-state index contributed by atoms with van der Waals surface area (Å²) in [5.74, 6) is -1.99. The van der Waals surface area contributed by atoms with Gasteiger partial charge in [0, 0.05) is 25.5 Å². The normalized spacial score (nSPS) is 45.3. The number of benzene rings is 2. The van der Waals surface area contributed by atoms with E-state index in [1.54, 1.807) is 26.1 Å². The van der Waals surface area contributed by atoms with Crippen LogP contribution >= 0.6 is 62.8 Å². The van der Waals surface area contributed by atoms with E-state index in [0.717, 1.165) is 42.2 Å². The lowest BCUT2D eigenvalue weighted by atomic mass is 9.52. The zero-order chi connectivity index (χ0) is 34.3. The fourth-order valence-corrected chi connectivity index (χ4v) is 21.7. The third kappa shape index (κ3) is 2.86. The Morgan fingerprint density at radius 3 is 1.67 bits per heavy atom. The Labute approximate surface area is 303 Å². The summed E-state index contributed by atoms with van der Waals surface area (Å²) in [5.41, 5.74) is -1.20. The number of nitrogens with zero attached hydrogens (tertiary/aromatic N) is 4. The number of fused-ring (bicyclic) bond motifs is 13. The van der Waals surface area contributed by atoms with Crippen molar-refractivity contribution in [3.8, 4) is 0 Å². The van der Waals surface area contributed by atoms with Crippen LogP contribution in [0.1, 0.15) is 18.1 Å². The Kier molecular flexibility index (Phi) is 6.11.